The van der Waals surface area contributed by atoms with Crippen molar-refractivity contribution >= 4 is 29.1 Å². The number of anilines is 2. The number of nitrogens with one attached hydrogen (secondary N) is 4. The molecule has 4 N–H and O–H groups in total. The Bertz CT molecular complexity index is 1320. The normalized spacial score (nSPS) is 21.9. The average molecular weight is 554 g/mol. The Morgan fingerprint density at radius 1 is 1.02 bits per heavy atom. The largest absolute Gasteiger partial charge is 0.485 e. The third-order valence-electron chi connectivity index (χ3n) is 7.66. The Kier molecular flexibility index (Phi) is 9.24. The Hall–Kier alpha value is -3.73. The standard InChI is InChI=1S/C29H39N5O6/c1-16(2)40-26-23(24(35)25(26)36)32-19-9-7-8-18(14-19)15-31-28(38)22-13-12-20-10-5-6-11-21(29(39)34(20)22)33-27(37)17(3)30-4/h7-9,14,16-17,20-22,30,32H,5-6,10-13,15H2,1-4H3,(H,31,38)(H,33,37)/t17-,20-,21-,22-/m0/s1. The van der Waals surface area contributed by atoms with E-state index in [4.69, 9.17) is 4.74 Å². The number of carbonyl (C=O) groups excluding carboxylic acids is 3. The summed E-state index contributed by atoms with van der Waals surface area (Å²) in [5, 5.41) is 11.7. The van der Waals surface area contributed by atoms with Gasteiger partial charge in [0.25, 0.3) is 10.9 Å². The van der Waals surface area contributed by atoms with Crippen molar-refractivity contribution in [2.24, 2.45) is 0 Å². The maximum atomic E-state index is 13.6. The first-order valence-corrected chi connectivity index (χ1v) is 14.0. The van der Waals surface area contributed by atoms with Crippen LogP contribution in [0.4, 0.5) is 11.4 Å². The maximum Gasteiger partial charge on any atom is 0.272 e. The van der Waals surface area contributed by atoms with Crippen LogP contribution in [-0.4, -0.2) is 59.9 Å². The highest BCUT2D eigenvalue weighted by Crippen LogP contribution is 2.31. The summed E-state index contributed by atoms with van der Waals surface area (Å²) in [6.07, 6.45) is 4.25. The third-order valence-corrected chi connectivity index (χ3v) is 7.66. The van der Waals surface area contributed by atoms with Gasteiger partial charge in [0.2, 0.25) is 17.7 Å². The molecule has 2 aromatic carbocycles. The summed E-state index contributed by atoms with van der Waals surface area (Å²) in [6.45, 7) is 5.51. The van der Waals surface area contributed by atoms with Crippen LogP contribution in [0.2, 0.25) is 0 Å². The van der Waals surface area contributed by atoms with Crippen molar-refractivity contribution in [2.45, 2.75) is 96.1 Å². The van der Waals surface area contributed by atoms with Crippen molar-refractivity contribution in [1.29, 1.82) is 0 Å². The summed E-state index contributed by atoms with van der Waals surface area (Å²) in [6, 6.07) is 5.47. The molecule has 0 bridgehead atoms. The van der Waals surface area contributed by atoms with Crippen LogP contribution in [0.3, 0.4) is 0 Å². The van der Waals surface area contributed by atoms with Gasteiger partial charge in [-0.05, 0) is 71.2 Å². The first-order valence-electron chi connectivity index (χ1n) is 14.0. The van der Waals surface area contributed by atoms with Crippen LogP contribution >= 0.6 is 0 Å². The highest BCUT2D eigenvalue weighted by Gasteiger charge is 2.43. The van der Waals surface area contributed by atoms with Crippen molar-refractivity contribution in [3.05, 3.63) is 50.3 Å². The van der Waals surface area contributed by atoms with Gasteiger partial charge in [0.05, 0.1) is 12.1 Å². The lowest BCUT2D eigenvalue weighted by Gasteiger charge is -2.35. The van der Waals surface area contributed by atoms with Gasteiger partial charge in [-0.2, -0.15) is 0 Å². The van der Waals surface area contributed by atoms with Gasteiger partial charge < -0.3 is 30.9 Å². The summed E-state index contributed by atoms with van der Waals surface area (Å²) < 4.78 is 5.47. The SMILES string of the molecule is CN[C@@H](C)C(=O)N[C@H]1CCCC[C@H]2CC[C@@H](C(=O)NCc3cccc(Nc4c(OC(C)C)c(=O)c4=O)c3)N2C1=O. The smallest absolute Gasteiger partial charge is 0.272 e. The van der Waals surface area contributed by atoms with E-state index in [-0.39, 0.29) is 47.8 Å². The molecule has 0 aliphatic carbocycles. The van der Waals surface area contributed by atoms with Crippen molar-refractivity contribution in [1.82, 2.24) is 20.9 Å². The molecule has 2 saturated heterocycles. The fraction of sp³-hybridized carbons (Fsp3) is 0.552. The molecular formula is C29H39N5O6. The number of ether oxygens (including phenoxy) is 1. The average Bonchev–Trinajstić information content (AvgIpc) is 3.36. The van der Waals surface area contributed by atoms with E-state index in [0.717, 1.165) is 31.2 Å². The van der Waals surface area contributed by atoms with E-state index < -0.39 is 29.0 Å². The lowest BCUT2D eigenvalue weighted by atomic mass is 9.98. The first-order chi connectivity index (χ1) is 19.1. The fourth-order valence-corrected chi connectivity index (χ4v) is 5.39. The van der Waals surface area contributed by atoms with Crippen molar-refractivity contribution in [2.75, 3.05) is 12.4 Å². The van der Waals surface area contributed by atoms with Crippen LogP contribution in [0, 0.1) is 0 Å². The summed E-state index contributed by atoms with van der Waals surface area (Å²) >= 11 is 0. The number of rotatable bonds is 10. The molecule has 2 aliphatic heterocycles. The summed E-state index contributed by atoms with van der Waals surface area (Å²) in [5.41, 5.74) is 0.215. The zero-order valence-corrected chi connectivity index (χ0v) is 23.5. The number of hydrogen-bond acceptors (Lipinski definition) is 8. The molecule has 11 heteroatoms. The van der Waals surface area contributed by atoms with E-state index in [9.17, 15) is 24.0 Å². The summed E-state index contributed by atoms with van der Waals surface area (Å²) in [4.78, 5) is 65.0. The zero-order chi connectivity index (χ0) is 29.0. The second kappa shape index (κ2) is 12.6. The predicted molar refractivity (Wildman–Crippen MR) is 151 cm³/mol. The van der Waals surface area contributed by atoms with Crippen LogP contribution in [0.1, 0.15) is 64.9 Å². The van der Waals surface area contributed by atoms with E-state index in [0.29, 0.717) is 18.5 Å². The molecule has 11 nitrogen and oxygen atoms in total. The minimum atomic E-state index is -0.651. The van der Waals surface area contributed by atoms with E-state index in [1.165, 1.54) is 0 Å². The first kappa shape index (κ1) is 29.3. The summed E-state index contributed by atoms with van der Waals surface area (Å²) in [7, 11) is 1.69. The molecule has 0 radical (unpaired) electrons. The molecule has 2 aliphatic rings. The predicted octanol–water partition coefficient (Wildman–Crippen LogP) is 1.46. The number of carbonyl (C=O) groups is 3. The second-order valence-corrected chi connectivity index (χ2v) is 10.9. The number of fused-ring (bicyclic) bond motifs is 1. The molecule has 2 heterocycles. The molecule has 4 atom stereocenters. The summed E-state index contributed by atoms with van der Waals surface area (Å²) in [5.74, 6) is -0.642. The molecule has 40 heavy (non-hydrogen) atoms. The van der Waals surface area contributed by atoms with Gasteiger partial charge in [-0.3, -0.25) is 24.0 Å². The van der Waals surface area contributed by atoms with Crippen LogP contribution < -0.4 is 36.9 Å². The van der Waals surface area contributed by atoms with Crippen molar-refractivity contribution in [3.8, 4) is 5.75 Å². The number of likely N-dealkylation sites (N-methyl/N-ethyl adjacent to an activating group) is 1. The van der Waals surface area contributed by atoms with Crippen molar-refractivity contribution in [3.63, 3.8) is 0 Å². The van der Waals surface area contributed by atoms with Gasteiger partial charge in [-0.1, -0.05) is 25.0 Å². The Labute approximate surface area is 233 Å². The van der Waals surface area contributed by atoms with E-state index >= 15 is 0 Å². The fourth-order valence-electron chi connectivity index (χ4n) is 5.39. The van der Waals surface area contributed by atoms with Gasteiger partial charge >= 0.3 is 0 Å². The lowest BCUT2D eigenvalue weighted by Crippen LogP contribution is -2.57. The lowest BCUT2D eigenvalue weighted by molar-refractivity contribution is -0.144. The number of amides is 3. The monoisotopic (exact) mass is 553 g/mol. The van der Waals surface area contributed by atoms with Gasteiger partial charge in [-0.25, -0.2) is 0 Å². The second-order valence-electron chi connectivity index (χ2n) is 10.9. The van der Waals surface area contributed by atoms with E-state index in [1.807, 2.05) is 6.07 Å². The van der Waals surface area contributed by atoms with Gasteiger partial charge in [0.15, 0.2) is 5.75 Å². The van der Waals surface area contributed by atoms with Crippen LogP contribution in [-0.2, 0) is 20.9 Å². The number of hydrogen-bond donors (Lipinski definition) is 4. The van der Waals surface area contributed by atoms with E-state index in [2.05, 4.69) is 21.3 Å². The minimum absolute atomic E-state index is 0.0181. The quantitative estimate of drug-likeness (QED) is 0.324. The Balaban J connectivity index is 1.41. The topological polar surface area (TPSA) is 146 Å². The third kappa shape index (κ3) is 6.35. The van der Waals surface area contributed by atoms with Crippen molar-refractivity contribution < 1.29 is 19.1 Å². The van der Waals surface area contributed by atoms with Gasteiger partial charge in [0.1, 0.15) is 17.8 Å². The molecule has 0 aromatic heterocycles. The molecule has 4 rings (SSSR count). The zero-order valence-electron chi connectivity index (χ0n) is 23.5. The molecule has 0 saturated carbocycles. The molecular weight excluding hydrogens is 514 g/mol. The highest BCUT2D eigenvalue weighted by molar-refractivity contribution is 5.93. The number of benzene rings is 1. The number of nitrogens with zero attached hydrogens (tertiary/aromatic N) is 1. The Morgan fingerprint density at radius 2 is 1.77 bits per heavy atom. The van der Waals surface area contributed by atoms with Gasteiger partial charge in [0, 0.05) is 18.3 Å². The van der Waals surface area contributed by atoms with Crippen LogP contribution in [0.25, 0.3) is 0 Å². The van der Waals surface area contributed by atoms with Crippen LogP contribution in [0.15, 0.2) is 33.9 Å². The molecule has 2 fully saturated rings. The van der Waals surface area contributed by atoms with Gasteiger partial charge in [-0.15, -0.1) is 0 Å². The van der Waals surface area contributed by atoms with E-state index in [1.54, 1.807) is 50.9 Å². The molecule has 216 valence electrons. The molecule has 0 unspecified atom stereocenters. The molecule has 2 aromatic rings. The Morgan fingerprint density at radius 3 is 2.50 bits per heavy atom. The van der Waals surface area contributed by atoms with Crippen LogP contribution in [0.5, 0.6) is 5.75 Å². The molecule has 0 spiro atoms. The maximum absolute atomic E-state index is 13.6. The highest BCUT2D eigenvalue weighted by atomic mass is 16.5. The molecule has 3 amide bonds. The minimum Gasteiger partial charge on any atom is -0.485 e.